The van der Waals surface area contributed by atoms with Crippen LogP contribution in [-0.2, 0) is 4.79 Å². The van der Waals surface area contributed by atoms with Gasteiger partial charge in [0.2, 0.25) is 0 Å². The minimum Gasteiger partial charge on any atom is -0.393 e. The largest absolute Gasteiger partial charge is 0.393 e. The number of carbonyl (C=O) groups is 1. The van der Waals surface area contributed by atoms with Gasteiger partial charge in [-0.15, -0.1) is 0 Å². The van der Waals surface area contributed by atoms with Crippen molar-refractivity contribution in [1.29, 1.82) is 0 Å². The molecule has 3 heteroatoms. The number of hydrogen-bond donors (Lipinski definition) is 2. The number of aliphatic hydroxyl groups is 2. The van der Waals surface area contributed by atoms with E-state index in [0.717, 1.165) is 6.08 Å². The van der Waals surface area contributed by atoms with Gasteiger partial charge in [0.15, 0.2) is 5.78 Å². The summed E-state index contributed by atoms with van der Waals surface area (Å²) >= 11 is 0. The standard InChI is InChI=1S/C5H8O3/c1-2-4(7)5(8)3-6/h2,5-6,8H,1,3H2/t5-/m1/s1. The number of hydrogen-bond acceptors (Lipinski definition) is 3. The molecule has 0 saturated heterocycles. The topological polar surface area (TPSA) is 57.5 Å². The van der Waals surface area contributed by atoms with Crippen LogP contribution in [0.2, 0.25) is 0 Å². The van der Waals surface area contributed by atoms with Gasteiger partial charge in [0.05, 0.1) is 6.61 Å². The van der Waals surface area contributed by atoms with Gasteiger partial charge in [-0.1, -0.05) is 6.58 Å². The average molecular weight is 116 g/mol. The van der Waals surface area contributed by atoms with Crippen LogP contribution >= 0.6 is 0 Å². The van der Waals surface area contributed by atoms with Crippen LogP contribution < -0.4 is 0 Å². The summed E-state index contributed by atoms with van der Waals surface area (Å²) in [7, 11) is 0. The summed E-state index contributed by atoms with van der Waals surface area (Å²) in [6.45, 7) is 2.57. The molecule has 0 rings (SSSR count). The second kappa shape index (κ2) is 3.35. The minimum atomic E-state index is -1.28. The van der Waals surface area contributed by atoms with Gasteiger partial charge in [-0.3, -0.25) is 4.79 Å². The molecule has 2 N–H and O–H groups in total. The van der Waals surface area contributed by atoms with Crippen LogP contribution in [0.3, 0.4) is 0 Å². The van der Waals surface area contributed by atoms with E-state index in [-0.39, 0.29) is 0 Å². The molecule has 0 fully saturated rings. The molecule has 0 radical (unpaired) electrons. The number of rotatable bonds is 3. The molecule has 0 unspecified atom stereocenters. The third-order valence-electron chi connectivity index (χ3n) is 0.703. The number of ketones is 1. The first-order valence-electron chi connectivity index (χ1n) is 2.17. The lowest BCUT2D eigenvalue weighted by molar-refractivity contribution is -0.123. The van der Waals surface area contributed by atoms with E-state index in [1.807, 2.05) is 0 Å². The van der Waals surface area contributed by atoms with E-state index >= 15 is 0 Å². The molecule has 0 aromatic rings. The molecule has 0 aliphatic heterocycles. The molecule has 0 bridgehead atoms. The molecule has 0 aliphatic rings. The van der Waals surface area contributed by atoms with Crippen molar-refractivity contribution in [1.82, 2.24) is 0 Å². The van der Waals surface area contributed by atoms with Crippen LogP contribution in [-0.4, -0.2) is 28.7 Å². The van der Waals surface area contributed by atoms with E-state index in [4.69, 9.17) is 10.2 Å². The smallest absolute Gasteiger partial charge is 0.185 e. The van der Waals surface area contributed by atoms with E-state index in [0.29, 0.717) is 0 Å². The van der Waals surface area contributed by atoms with Crippen LogP contribution in [0.4, 0.5) is 0 Å². The lowest BCUT2D eigenvalue weighted by atomic mass is 10.2. The van der Waals surface area contributed by atoms with Gasteiger partial charge in [-0.05, 0) is 6.08 Å². The Morgan fingerprint density at radius 1 is 1.88 bits per heavy atom. The Labute approximate surface area is 47.3 Å². The van der Waals surface area contributed by atoms with Gasteiger partial charge < -0.3 is 10.2 Å². The molecule has 1 atom stereocenters. The predicted octanol–water partition coefficient (Wildman–Crippen LogP) is -0.905. The maximum atomic E-state index is 10.2. The molecular weight excluding hydrogens is 108 g/mol. The highest BCUT2D eigenvalue weighted by Gasteiger charge is 2.07. The van der Waals surface area contributed by atoms with Crippen molar-refractivity contribution in [3.63, 3.8) is 0 Å². The van der Waals surface area contributed by atoms with Crippen molar-refractivity contribution in [3.05, 3.63) is 12.7 Å². The van der Waals surface area contributed by atoms with Crippen LogP contribution in [0.5, 0.6) is 0 Å². The summed E-state index contributed by atoms with van der Waals surface area (Å²) in [6.07, 6.45) is -0.312. The molecule has 0 saturated carbocycles. The Morgan fingerprint density at radius 2 is 2.38 bits per heavy atom. The first-order chi connectivity index (χ1) is 3.72. The quantitative estimate of drug-likeness (QED) is 0.469. The predicted molar refractivity (Wildman–Crippen MR) is 28.3 cm³/mol. The van der Waals surface area contributed by atoms with Gasteiger partial charge >= 0.3 is 0 Å². The molecule has 46 valence electrons. The molecule has 0 spiro atoms. The van der Waals surface area contributed by atoms with Crippen molar-refractivity contribution in [2.45, 2.75) is 6.10 Å². The number of carbonyl (C=O) groups excluding carboxylic acids is 1. The summed E-state index contributed by atoms with van der Waals surface area (Å²) in [5, 5.41) is 16.6. The van der Waals surface area contributed by atoms with E-state index in [2.05, 4.69) is 6.58 Å². The van der Waals surface area contributed by atoms with Gasteiger partial charge in [0, 0.05) is 0 Å². The first kappa shape index (κ1) is 7.33. The third-order valence-corrected chi connectivity index (χ3v) is 0.703. The van der Waals surface area contributed by atoms with Gasteiger partial charge in [0.25, 0.3) is 0 Å². The lowest BCUT2D eigenvalue weighted by Gasteiger charge is -1.98. The van der Waals surface area contributed by atoms with Gasteiger partial charge in [-0.25, -0.2) is 0 Å². The Morgan fingerprint density at radius 3 is 2.50 bits per heavy atom. The van der Waals surface area contributed by atoms with E-state index in [1.165, 1.54) is 0 Å². The summed E-state index contributed by atoms with van der Waals surface area (Å²) in [5.74, 6) is -0.549. The third kappa shape index (κ3) is 1.86. The highest BCUT2D eigenvalue weighted by molar-refractivity contribution is 5.92. The van der Waals surface area contributed by atoms with Gasteiger partial charge in [-0.2, -0.15) is 0 Å². The molecular formula is C5H8O3. The maximum Gasteiger partial charge on any atom is 0.185 e. The molecule has 0 amide bonds. The van der Waals surface area contributed by atoms with Crippen molar-refractivity contribution in [3.8, 4) is 0 Å². The maximum absolute atomic E-state index is 10.2. The van der Waals surface area contributed by atoms with Crippen molar-refractivity contribution >= 4 is 5.78 Å². The van der Waals surface area contributed by atoms with Crippen LogP contribution in [0.1, 0.15) is 0 Å². The molecule has 8 heavy (non-hydrogen) atoms. The fourth-order valence-corrected chi connectivity index (χ4v) is 0.226. The molecule has 0 aromatic carbocycles. The second-order valence-corrected chi connectivity index (χ2v) is 1.30. The van der Waals surface area contributed by atoms with Crippen LogP contribution in [0, 0.1) is 0 Å². The molecule has 0 aromatic heterocycles. The van der Waals surface area contributed by atoms with E-state index < -0.39 is 18.5 Å². The van der Waals surface area contributed by atoms with Gasteiger partial charge in [0.1, 0.15) is 6.10 Å². The van der Waals surface area contributed by atoms with E-state index in [1.54, 1.807) is 0 Å². The summed E-state index contributed by atoms with van der Waals surface area (Å²) in [5.41, 5.74) is 0. The second-order valence-electron chi connectivity index (χ2n) is 1.30. The van der Waals surface area contributed by atoms with Crippen LogP contribution in [0.15, 0.2) is 12.7 Å². The normalized spacial score (nSPS) is 12.8. The highest BCUT2D eigenvalue weighted by Crippen LogP contribution is 1.82. The zero-order chi connectivity index (χ0) is 6.57. The average Bonchev–Trinajstić information content (AvgIpc) is 1.84. The fourth-order valence-electron chi connectivity index (χ4n) is 0.226. The van der Waals surface area contributed by atoms with Crippen molar-refractivity contribution in [2.24, 2.45) is 0 Å². The number of aliphatic hydroxyl groups excluding tert-OH is 2. The monoisotopic (exact) mass is 116 g/mol. The minimum absolute atomic E-state index is 0.537. The zero-order valence-corrected chi connectivity index (χ0v) is 4.37. The fraction of sp³-hybridized carbons (Fsp3) is 0.400. The molecule has 0 aliphatic carbocycles. The Bertz CT molecular complexity index is 97.8. The molecule has 3 nitrogen and oxygen atoms in total. The van der Waals surface area contributed by atoms with Crippen LogP contribution in [0.25, 0.3) is 0 Å². The Balaban J connectivity index is 3.62. The van der Waals surface area contributed by atoms with E-state index in [9.17, 15) is 4.79 Å². The first-order valence-corrected chi connectivity index (χ1v) is 2.17. The molecule has 0 heterocycles. The summed E-state index contributed by atoms with van der Waals surface area (Å²) in [4.78, 5) is 10.2. The zero-order valence-electron chi connectivity index (χ0n) is 4.37. The summed E-state index contributed by atoms with van der Waals surface area (Å²) in [6, 6.07) is 0. The van der Waals surface area contributed by atoms with Crippen molar-refractivity contribution < 1.29 is 15.0 Å². The lowest BCUT2D eigenvalue weighted by Crippen LogP contribution is -2.21. The SMILES string of the molecule is C=CC(=O)[C@H](O)CO. The Hall–Kier alpha value is -0.670. The highest BCUT2D eigenvalue weighted by atomic mass is 16.3. The summed E-state index contributed by atoms with van der Waals surface area (Å²) < 4.78 is 0. The van der Waals surface area contributed by atoms with Crippen molar-refractivity contribution in [2.75, 3.05) is 6.61 Å². The Kier molecular flexibility index (Phi) is 3.07.